The zero-order valence-corrected chi connectivity index (χ0v) is 15.6. The second-order valence-electron chi connectivity index (χ2n) is 7.32. The number of rotatable bonds is 4. The van der Waals surface area contributed by atoms with E-state index in [1.54, 1.807) is 7.11 Å². The molecular weight excluding hydrogens is 354 g/mol. The number of methoxy groups -OCH3 is 1. The molecule has 0 bridgehead atoms. The topological polar surface area (TPSA) is 87.3 Å². The Morgan fingerprint density at radius 2 is 1.86 bits per heavy atom. The SMILES string of the molecule is COc1ccc2c(-c3ccccc3)c(-c3nc(C4(N)CCCC4)no3)oc2c1. The average Bonchev–Trinajstić information content (AvgIpc) is 3.46. The van der Waals surface area contributed by atoms with Gasteiger partial charge in [-0.05, 0) is 30.5 Å². The van der Waals surface area contributed by atoms with Crippen LogP contribution in [0.3, 0.4) is 0 Å². The standard InChI is InChI=1S/C22H21N3O3/c1-26-15-9-10-16-17(13-15)27-19(18(16)14-7-3-2-4-8-14)20-24-21(25-28-20)22(23)11-5-6-12-22/h2-4,7-10,13H,5-6,11-12,23H2,1H3. The molecule has 0 unspecified atom stereocenters. The van der Waals surface area contributed by atoms with Crippen LogP contribution in [0.2, 0.25) is 0 Å². The fourth-order valence-corrected chi connectivity index (χ4v) is 3.99. The fourth-order valence-electron chi connectivity index (χ4n) is 3.99. The summed E-state index contributed by atoms with van der Waals surface area (Å²) in [6.45, 7) is 0. The lowest BCUT2D eigenvalue weighted by Crippen LogP contribution is -2.34. The molecule has 2 heterocycles. The van der Waals surface area contributed by atoms with Gasteiger partial charge in [-0.3, -0.25) is 0 Å². The molecule has 6 nitrogen and oxygen atoms in total. The summed E-state index contributed by atoms with van der Waals surface area (Å²) in [5.41, 5.74) is 8.64. The first-order valence-corrected chi connectivity index (χ1v) is 9.47. The quantitative estimate of drug-likeness (QED) is 0.547. The Morgan fingerprint density at radius 3 is 2.61 bits per heavy atom. The molecule has 1 aliphatic rings. The Morgan fingerprint density at radius 1 is 1.07 bits per heavy atom. The van der Waals surface area contributed by atoms with Gasteiger partial charge in [0.1, 0.15) is 11.3 Å². The highest BCUT2D eigenvalue weighted by Crippen LogP contribution is 2.42. The van der Waals surface area contributed by atoms with Crippen LogP contribution < -0.4 is 10.5 Å². The molecule has 142 valence electrons. The number of furan rings is 1. The summed E-state index contributed by atoms with van der Waals surface area (Å²) in [7, 11) is 1.63. The maximum Gasteiger partial charge on any atom is 0.294 e. The molecule has 4 aromatic rings. The molecule has 0 aliphatic heterocycles. The van der Waals surface area contributed by atoms with Crippen molar-refractivity contribution in [3.8, 4) is 28.5 Å². The summed E-state index contributed by atoms with van der Waals surface area (Å²) in [5.74, 6) is 2.18. The van der Waals surface area contributed by atoms with E-state index in [4.69, 9.17) is 19.4 Å². The second kappa shape index (κ2) is 6.49. The molecule has 2 N–H and O–H groups in total. The van der Waals surface area contributed by atoms with E-state index in [1.807, 2.05) is 48.5 Å². The second-order valence-corrected chi connectivity index (χ2v) is 7.32. The molecule has 0 amide bonds. The van der Waals surface area contributed by atoms with Gasteiger partial charge >= 0.3 is 0 Å². The Bertz CT molecular complexity index is 1120. The highest BCUT2D eigenvalue weighted by molar-refractivity contribution is 6.01. The van der Waals surface area contributed by atoms with Gasteiger partial charge in [0.2, 0.25) is 5.76 Å². The molecule has 2 aromatic heterocycles. The lowest BCUT2D eigenvalue weighted by molar-refractivity contribution is 0.369. The van der Waals surface area contributed by atoms with Crippen molar-refractivity contribution >= 4 is 11.0 Å². The lowest BCUT2D eigenvalue weighted by atomic mass is 9.98. The number of hydrogen-bond donors (Lipinski definition) is 1. The summed E-state index contributed by atoms with van der Waals surface area (Å²) in [6.07, 6.45) is 3.91. The summed E-state index contributed by atoms with van der Waals surface area (Å²) >= 11 is 0. The first-order valence-electron chi connectivity index (χ1n) is 9.47. The van der Waals surface area contributed by atoms with Gasteiger partial charge in [-0.1, -0.05) is 48.3 Å². The first kappa shape index (κ1) is 17.0. The smallest absolute Gasteiger partial charge is 0.294 e. The van der Waals surface area contributed by atoms with E-state index in [0.717, 1.165) is 47.9 Å². The van der Waals surface area contributed by atoms with Crippen molar-refractivity contribution in [3.05, 3.63) is 54.4 Å². The van der Waals surface area contributed by atoms with Crippen molar-refractivity contribution in [1.29, 1.82) is 0 Å². The Hall–Kier alpha value is -3.12. The van der Waals surface area contributed by atoms with Crippen LogP contribution in [-0.4, -0.2) is 17.3 Å². The molecular formula is C22H21N3O3. The van der Waals surface area contributed by atoms with E-state index >= 15 is 0 Å². The average molecular weight is 375 g/mol. The first-order chi connectivity index (χ1) is 13.7. The third-order valence-electron chi connectivity index (χ3n) is 5.52. The molecule has 0 saturated heterocycles. The van der Waals surface area contributed by atoms with Crippen LogP contribution in [0.15, 0.2) is 57.5 Å². The Labute approximate surface area is 162 Å². The van der Waals surface area contributed by atoms with Crippen LogP contribution in [0.5, 0.6) is 5.75 Å². The van der Waals surface area contributed by atoms with Crippen LogP contribution in [-0.2, 0) is 5.54 Å². The minimum absolute atomic E-state index is 0.348. The van der Waals surface area contributed by atoms with Gasteiger partial charge in [-0.25, -0.2) is 0 Å². The minimum Gasteiger partial charge on any atom is -0.497 e. The number of fused-ring (bicyclic) bond motifs is 1. The third-order valence-corrected chi connectivity index (χ3v) is 5.52. The highest BCUT2D eigenvalue weighted by atomic mass is 16.5. The summed E-state index contributed by atoms with van der Waals surface area (Å²) < 4.78 is 17.1. The van der Waals surface area contributed by atoms with Gasteiger partial charge in [-0.15, -0.1) is 0 Å². The van der Waals surface area contributed by atoms with Crippen molar-refractivity contribution in [1.82, 2.24) is 10.1 Å². The predicted octanol–water partition coefficient (Wildman–Crippen LogP) is 4.89. The Balaban J connectivity index is 1.69. The van der Waals surface area contributed by atoms with E-state index in [9.17, 15) is 0 Å². The zero-order valence-electron chi connectivity index (χ0n) is 15.6. The molecule has 5 rings (SSSR count). The summed E-state index contributed by atoms with van der Waals surface area (Å²) in [4.78, 5) is 4.63. The van der Waals surface area contributed by atoms with Crippen molar-refractivity contribution in [2.24, 2.45) is 5.73 Å². The number of aromatic nitrogens is 2. The van der Waals surface area contributed by atoms with Crippen molar-refractivity contribution in [3.63, 3.8) is 0 Å². The maximum atomic E-state index is 6.50. The van der Waals surface area contributed by atoms with E-state index in [1.165, 1.54) is 0 Å². The van der Waals surface area contributed by atoms with E-state index < -0.39 is 5.54 Å². The van der Waals surface area contributed by atoms with E-state index in [-0.39, 0.29) is 0 Å². The van der Waals surface area contributed by atoms with Gasteiger partial charge in [0, 0.05) is 17.0 Å². The van der Waals surface area contributed by atoms with E-state index in [2.05, 4.69) is 10.1 Å². The normalized spacial score (nSPS) is 15.9. The van der Waals surface area contributed by atoms with Gasteiger partial charge < -0.3 is 19.4 Å². The van der Waals surface area contributed by atoms with Crippen molar-refractivity contribution in [2.75, 3.05) is 7.11 Å². The van der Waals surface area contributed by atoms with Crippen molar-refractivity contribution < 1.29 is 13.7 Å². The molecule has 2 aromatic carbocycles. The Kier molecular flexibility index (Phi) is 3.94. The molecule has 0 spiro atoms. The predicted molar refractivity (Wildman–Crippen MR) is 106 cm³/mol. The number of hydrogen-bond acceptors (Lipinski definition) is 6. The zero-order chi connectivity index (χ0) is 19.1. The monoisotopic (exact) mass is 375 g/mol. The van der Waals surface area contributed by atoms with Crippen LogP contribution in [0, 0.1) is 0 Å². The number of nitrogens with two attached hydrogens (primary N) is 1. The molecule has 1 saturated carbocycles. The minimum atomic E-state index is -0.510. The van der Waals surface area contributed by atoms with Crippen LogP contribution in [0.25, 0.3) is 33.7 Å². The third kappa shape index (κ3) is 2.68. The van der Waals surface area contributed by atoms with Gasteiger partial charge in [-0.2, -0.15) is 4.98 Å². The molecule has 1 fully saturated rings. The van der Waals surface area contributed by atoms with E-state index in [0.29, 0.717) is 23.1 Å². The van der Waals surface area contributed by atoms with Crippen LogP contribution >= 0.6 is 0 Å². The molecule has 28 heavy (non-hydrogen) atoms. The lowest BCUT2D eigenvalue weighted by Gasteiger charge is -2.17. The fraction of sp³-hybridized carbons (Fsp3) is 0.273. The van der Waals surface area contributed by atoms with Gasteiger partial charge in [0.05, 0.1) is 12.6 Å². The molecule has 0 atom stereocenters. The van der Waals surface area contributed by atoms with Crippen LogP contribution in [0.4, 0.5) is 0 Å². The van der Waals surface area contributed by atoms with Gasteiger partial charge in [0.15, 0.2) is 5.82 Å². The largest absolute Gasteiger partial charge is 0.497 e. The maximum absolute atomic E-state index is 6.50. The molecule has 1 aliphatic carbocycles. The van der Waals surface area contributed by atoms with Crippen molar-refractivity contribution in [2.45, 2.75) is 31.2 Å². The summed E-state index contributed by atoms with van der Waals surface area (Å²) in [5, 5.41) is 5.15. The number of ether oxygens (including phenoxy) is 1. The molecule has 6 heteroatoms. The highest BCUT2D eigenvalue weighted by Gasteiger charge is 2.36. The number of nitrogens with zero attached hydrogens (tertiary/aromatic N) is 2. The van der Waals surface area contributed by atoms with Crippen LogP contribution in [0.1, 0.15) is 31.5 Å². The summed E-state index contributed by atoms with van der Waals surface area (Å²) in [6, 6.07) is 15.8. The number of benzene rings is 2. The molecule has 0 radical (unpaired) electrons. The van der Waals surface area contributed by atoms with Gasteiger partial charge in [0.25, 0.3) is 5.89 Å².